The van der Waals surface area contributed by atoms with E-state index in [1.165, 1.54) is 6.07 Å². The summed E-state index contributed by atoms with van der Waals surface area (Å²) in [5.41, 5.74) is 3.78. The highest BCUT2D eigenvalue weighted by atomic mass is 79.9. The first kappa shape index (κ1) is 14.4. The summed E-state index contributed by atoms with van der Waals surface area (Å²) >= 11 is 9.42. The molecule has 0 bridgehead atoms. The molecule has 19 heavy (non-hydrogen) atoms. The van der Waals surface area contributed by atoms with Gasteiger partial charge in [-0.05, 0) is 46.6 Å². The monoisotopic (exact) mass is 343 g/mol. The number of hydrogen-bond acceptors (Lipinski definition) is 3. The molecular formula is C13H12BrClFN3. The Labute approximate surface area is 124 Å². The zero-order valence-corrected chi connectivity index (χ0v) is 12.2. The number of nitrogens with two attached hydrogens (primary N) is 1. The largest absolute Gasteiger partial charge is 0.271 e. The summed E-state index contributed by atoms with van der Waals surface area (Å²) in [6, 6.07) is 7.93. The van der Waals surface area contributed by atoms with E-state index in [1.807, 2.05) is 6.07 Å². The van der Waals surface area contributed by atoms with Crippen molar-refractivity contribution in [2.75, 3.05) is 0 Å². The number of aromatic nitrogens is 1. The Morgan fingerprint density at radius 1 is 1.37 bits per heavy atom. The van der Waals surface area contributed by atoms with Crippen molar-refractivity contribution >= 4 is 27.5 Å². The van der Waals surface area contributed by atoms with Gasteiger partial charge in [0.15, 0.2) is 0 Å². The van der Waals surface area contributed by atoms with Gasteiger partial charge in [-0.25, -0.2) is 4.39 Å². The summed E-state index contributed by atoms with van der Waals surface area (Å²) in [5.74, 6) is 5.20. The summed E-state index contributed by atoms with van der Waals surface area (Å²) < 4.78 is 14.6. The van der Waals surface area contributed by atoms with E-state index < -0.39 is 0 Å². The summed E-state index contributed by atoms with van der Waals surface area (Å²) in [4.78, 5) is 4.25. The van der Waals surface area contributed by atoms with Crippen LogP contribution in [0.3, 0.4) is 0 Å². The van der Waals surface area contributed by atoms with Gasteiger partial charge in [0.05, 0.1) is 11.7 Å². The molecule has 0 saturated heterocycles. The number of pyridine rings is 1. The first-order valence-electron chi connectivity index (χ1n) is 5.63. The van der Waals surface area contributed by atoms with Crippen LogP contribution in [0.15, 0.2) is 41.0 Å². The van der Waals surface area contributed by atoms with Crippen LogP contribution in [0.25, 0.3) is 0 Å². The number of hydrogen-bond donors (Lipinski definition) is 2. The molecule has 0 saturated carbocycles. The fourth-order valence-electron chi connectivity index (χ4n) is 1.82. The molecule has 2 rings (SSSR count). The highest BCUT2D eigenvalue weighted by Gasteiger charge is 2.18. The van der Waals surface area contributed by atoms with E-state index in [1.54, 1.807) is 24.4 Å². The average Bonchev–Trinajstić information content (AvgIpc) is 2.40. The minimum absolute atomic E-state index is 0.317. The smallest absolute Gasteiger partial charge is 0.127 e. The van der Waals surface area contributed by atoms with Crippen LogP contribution in [0.4, 0.5) is 4.39 Å². The minimum atomic E-state index is -0.347. The highest BCUT2D eigenvalue weighted by molar-refractivity contribution is 9.10. The third-order valence-electron chi connectivity index (χ3n) is 2.79. The van der Waals surface area contributed by atoms with Crippen LogP contribution in [0, 0.1) is 5.82 Å². The number of hydrazine groups is 1. The van der Waals surface area contributed by atoms with Crippen molar-refractivity contribution in [3.63, 3.8) is 0 Å². The second kappa shape index (κ2) is 6.43. The second-order valence-corrected chi connectivity index (χ2v) is 5.26. The normalized spacial score (nSPS) is 12.4. The lowest BCUT2D eigenvalue weighted by Crippen LogP contribution is -2.30. The lowest BCUT2D eigenvalue weighted by molar-refractivity contribution is 0.517. The lowest BCUT2D eigenvalue weighted by atomic mass is 10.0. The Kier molecular flexibility index (Phi) is 4.87. The molecule has 0 aliphatic rings. The van der Waals surface area contributed by atoms with Crippen molar-refractivity contribution in [2.45, 2.75) is 12.5 Å². The van der Waals surface area contributed by atoms with Crippen molar-refractivity contribution in [3.8, 4) is 0 Å². The van der Waals surface area contributed by atoms with E-state index in [0.717, 1.165) is 4.47 Å². The third kappa shape index (κ3) is 3.30. The van der Waals surface area contributed by atoms with Gasteiger partial charge in [0, 0.05) is 21.3 Å². The topological polar surface area (TPSA) is 50.9 Å². The minimum Gasteiger partial charge on any atom is -0.271 e. The average molecular weight is 345 g/mol. The van der Waals surface area contributed by atoms with E-state index in [-0.39, 0.29) is 11.9 Å². The molecule has 100 valence electrons. The molecule has 2 aromatic rings. The van der Waals surface area contributed by atoms with Gasteiger partial charge in [-0.15, -0.1) is 0 Å². The number of halogens is 3. The number of nitrogens with zero attached hydrogens (tertiary/aromatic N) is 1. The van der Waals surface area contributed by atoms with Gasteiger partial charge >= 0.3 is 0 Å². The zero-order valence-electron chi connectivity index (χ0n) is 9.91. The first-order chi connectivity index (χ1) is 9.13. The number of rotatable bonds is 4. The molecular weight excluding hydrogens is 333 g/mol. The Morgan fingerprint density at radius 2 is 2.16 bits per heavy atom. The fourth-order valence-corrected chi connectivity index (χ4v) is 2.59. The van der Waals surface area contributed by atoms with Crippen molar-refractivity contribution in [3.05, 3.63) is 63.1 Å². The van der Waals surface area contributed by atoms with Crippen LogP contribution in [0.5, 0.6) is 0 Å². The molecule has 3 N–H and O–H groups in total. The lowest BCUT2D eigenvalue weighted by Gasteiger charge is -2.17. The summed E-state index contributed by atoms with van der Waals surface area (Å²) in [6.07, 6.45) is 1.98. The predicted octanol–water partition coefficient (Wildman–Crippen LogP) is 3.38. The summed E-state index contributed by atoms with van der Waals surface area (Å²) in [5, 5.41) is 0.382. The highest BCUT2D eigenvalue weighted by Crippen LogP contribution is 2.27. The number of benzene rings is 1. The number of nitrogens with one attached hydrogen (secondary N) is 1. The van der Waals surface area contributed by atoms with Crippen LogP contribution in [-0.4, -0.2) is 4.98 Å². The molecule has 1 unspecified atom stereocenters. The molecule has 1 heterocycles. The summed E-state index contributed by atoms with van der Waals surface area (Å²) in [6.45, 7) is 0. The van der Waals surface area contributed by atoms with Gasteiger partial charge in [-0.1, -0.05) is 17.7 Å². The third-order valence-corrected chi connectivity index (χ3v) is 3.81. The first-order valence-corrected chi connectivity index (χ1v) is 6.80. The van der Waals surface area contributed by atoms with Crippen molar-refractivity contribution in [1.82, 2.24) is 10.4 Å². The van der Waals surface area contributed by atoms with E-state index in [4.69, 9.17) is 17.4 Å². The Balaban J connectivity index is 2.32. The van der Waals surface area contributed by atoms with Crippen molar-refractivity contribution < 1.29 is 4.39 Å². The molecule has 0 radical (unpaired) electrons. The van der Waals surface area contributed by atoms with Gasteiger partial charge in [0.25, 0.3) is 0 Å². The molecule has 0 amide bonds. The molecule has 3 nitrogen and oxygen atoms in total. The molecule has 1 aromatic heterocycles. The molecule has 1 atom stereocenters. The van der Waals surface area contributed by atoms with Gasteiger partial charge in [0.1, 0.15) is 5.82 Å². The summed E-state index contributed by atoms with van der Waals surface area (Å²) in [7, 11) is 0. The van der Waals surface area contributed by atoms with Crippen LogP contribution in [0.2, 0.25) is 5.02 Å². The van der Waals surface area contributed by atoms with Gasteiger partial charge in [-0.3, -0.25) is 16.3 Å². The molecule has 0 aliphatic heterocycles. The Hall–Kier alpha value is -1.01. The fraction of sp³-hybridized carbons (Fsp3) is 0.154. The SMILES string of the molecule is NNC(Cc1c(F)cccc1Cl)c1ncccc1Br. The van der Waals surface area contributed by atoms with Gasteiger partial charge in [0.2, 0.25) is 0 Å². The second-order valence-electron chi connectivity index (χ2n) is 3.99. The van der Waals surface area contributed by atoms with Crippen molar-refractivity contribution in [1.29, 1.82) is 0 Å². The Bertz CT molecular complexity index is 559. The van der Waals surface area contributed by atoms with Gasteiger partial charge < -0.3 is 0 Å². The molecule has 6 heteroatoms. The van der Waals surface area contributed by atoms with Crippen LogP contribution in [-0.2, 0) is 6.42 Å². The van der Waals surface area contributed by atoms with Crippen LogP contribution >= 0.6 is 27.5 Å². The quantitative estimate of drug-likeness (QED) is 0.660. The van der Waals surface area contributed by atoms with Crippen LogP contribution in [0.1, 0.15) is 17.3 Å². The van der Waals surface area contributed by atoms with E-state index in [9.17, 15) is 4.39 Å². The molecule has 0 fully saturated rings. The predicted molar refractivity (Wildman–Crippen MR) is 77.1 cm³/mol. The van der Waals surface area contributed by atoms with Crippen molar-refractivity contribution in [2.24, 2.45) is 5.84 Å². The molecule has 0 aliphatic carbocycles. The van der Waals surface area contributed by atoms with E-state index >= 15 is 0 Å². The molecule has 0 spiro atoms. The maximum absolute atomic E-state index is 13.8. The van der Waals surface area contributed by atoms with Crippen LogP contribution < -0.4 is 11.3 Å². The standard InChI is InChI=1S/C13H12BrClFN3/c14-9-3-2-6-18-13(9)12(19-17)7-8-10(15)4-1-5-11(8)16/h1-6,12,19H,7,17H2. The maximum atomic E-state index is 13.8. The zero-order chi connectivity index (χ0) is 13.8. The van der Waals surface area contributed by atoms with Gasteiger partial charge in [-0.2, -0.15) is 0 Å². The van der Waals surface area contributed by atoms with E-state index in [2.05, 4.69) is 26.3 Å². The maximum Gasteiger partial charge on any atom is 0.127 e. The van der Waals surface area contributed by atoms with E-state index in [0.29, 0.717) is 22.7 Å². The Morgan fingerprint density at radius 3 is 2.79 bits per heavy atom. The molecule has 1 aromatic carbocycles.